The highest BCUT2D eigenvalue weighted by atomic mass is 19.1. The maximum atomic E-state index is 13.0. The van der Waals surface area contributed by atoms with Gasteiger partial charge in [0.15, 0.2) is 5.82 Å². The van der Waals surface area contributed by atoms with Gasteiger partial charge in [-0.15, -0.1) is 0 Å². The van der Waals surface area contributed by atoms with Gasteiger partial charge in [-0.2, -0.15) is 0 Å². The second-order valence-electron chi connectivity index (χ2n) is 7.09. The van der Waals surface area contributed by atoms with Crippen molar-refractivity contribution in [2.45, 2.75) is 40.5 Å². The Labute approximate surface area is 192 Å². The van der Waals surface area contributed by atoms with E-state index in [1.807, 2.05) is 20.8 Å². The van der Waals surface area contributed by atoms with Crippen molar-refractivity contribution in [3.8, 4) is 11.4 Å². The molecular weight excluding hydrogens is 401 g/mol. The quantitative estimate of drug-likeness (QED) is 0.384. The molecule has 0 atom stereocenters. The van der Waals surface area contributed by atoms with E-state index < -0.39 is 0 Å². The van der Waals surface area contributed by atoms with Crippen LogP contribution in [-0.4, -0.2) is 22.3 Å². The molecular formula is C26H37FN5+. The van der Waals surface area contributed by atoms with Crippen LogP contribution in [0.1, 0.15) is 46.1 Å². The fourth-order valence-corrected chi connectivity index (χ4v) is 3.01. The number of anilines is 1. The van der Waals surface area contributed by atoms with Crippen LogP contribution in [0.15, 0.2) is 72.4 Å². The lowest BCUT2D eigenvalue weighted by molar-refractivity contribution is -0.659. The van der Waals surface area contributed by atoms with Crippen LogP contribution < -0.4 is 9.88 Å². The van der Waals surface area contributed by atoms with E-state index in [-0.39, 0.29) is 5.82 Å². The zero-order valence-corrected chi connectivity index (χ0v) is 20.4. The first kappa shape index (κ1) is 26.8. The van der Waals surface area contributed by atoms with E-state index in [9.17, 15) is 4.39 Å². The van der Waals surface area contributed by atoms with Crippen molar-refractivity contribution in [3.63, 3.8) is 0 Å². The van der Waals surface area contributed by atoms with Gasteiger partial charge in [-0.05, 0) is 36.6 Å². The van der Waals surface area contributed by atoms with Gasteiger partial charge < -0.3 is 5.32 Å². The summed E-state index contributed by atoms with van der Waals surface area (Å²) in [5, 5.41) is 2.79. The largest absolute Gasteiger partial charge is 0.359 e. The maximum Gasteiger partial charge on any atom is 0.288 e. The fraction of sp³-hybridized carbons (Fsp3) is 0.346. The minimum atomic E-state index is -0.371. The Morgan fingerprint density at radius 3 is 2.53 bits per heavy atom. The summed E-state index contributed by atoms with van der Waals surface area (Å²) in [4.78, 5) is 7.60. The summed E-state index contributed by atoms with van der Waals surface area (Å²) in [7, 11) is 4.18. The van der Waals surface area contributed by atoms with E-state index in [0.29, 0.717) is 11.6 Å². The van der Waals surface area contributed by atoms with Crippen LogP contribution in [0.25, 0.3) is 11.4 Å². The summed E-state index contributed by atoms with van der Waals surface area (Å²) in [6.45, 7) is 11.2. The van der Waals surface area contributed by atoms with Gasteiger partial charge in [0.1, 0.15) is 12.4 Å². The first-order valence-electron chi connectivity index (χ1n) is 11.1. The van der Waals surface area contributed by atoms with E-state index in [1.165, 1.54) is 23.1 Å². The molecule has 5 nitrogen and oxygen atoms in total. The Morgan fingerprint density at radius 1 is 1.22 bits per heavy atom. The molecule has 0 saturated heterocycles. The van der Waals surface area contributed by atoms with Crippen LogP contribution >= 0.6 is 0 Å². The Bertz CT molecular complexity index is 970. The first-order chi connectivity index (χ1) is 15.5. The summed E-state index contributed by atoms with van der Waals surface area (Å²) in [5.41, 5.74) is 3.13. The smallest absolute Gasteiger partial charge is 0.288 e. The topological polar surface area (TPSA) is 46.1 Å². The number of aromatic nitrogens is 3. The normalized spacial score (nSPS) is 10.7. The Morgan fingerprint density at radius 2 is 1.94 bits per heavy atom. The minimum absolute atomic E-state index is 0.371. The predicted octanol–water partition coefficient (Wildman–Crippen LogP) is 5.90. The van der Waals surface area contributed by atoms with Gasteiger partial charge >= 0.3 is 0 Å². The number of aryl methyl sites for hydroxylation is 2. The highest BCUT2D eigenvalue weighted by Crippen LogP contribution is 2.26. The third kappa shape index (κ3) is 8.10. The molecule has 6 heteroatoms. The Balaban J connectivity index is 0.000000300. The Kier molecular flexibility index (Phi) is 12.3. The standard InChI is InChI=1S/C14H19N2.C10H12FN3.C2H6/c1-11(2)12-7-5-6-8-13(12)14-15(3)9-10-16(14)4;1-2-12-5-3-6-14-10-4-7-13-8-9(10)11;1-2/h5-11H,1-4H3;3-8H,2H2,1H3,(H,13,14);1-2H3/q+1;;/b;6-3-,12-5?;. The molecule has 0 bridgehead atoms. The molecule has 2 heterocycles. The molecule has 0 spiro atoms. The van der Waals surface area contributed by atoms with E-state index >= 15 is 0 Å². The number of hydrogen-bond donors (Lipinski definition) is 1. The van der Waals surface area contributed by atoms with Crippen molar-refractivity contribution in [2.24, 2.45) is 19.1 Å². The third-order valence-electron chi connectivity index (χ3n) is 4.49. The minimum Gasteiger partial charge on any atom is -0.359 e. The summed E-state index contributed by atoms with van der Waals surface area (Å²) >= 11 is 0. The van der Waals surface area contributed by atoms with Gasteiger partial charge in [0.2, 0.25) is 0 Å². The van der Waals surface area contributed by atoms with Crippen LogP contribution in [0.4, 0.5) is 10.1 Å². The SMILES string of the molecule is CC.CC(C)c1ccccc1-c1n(C)cc[n+]1C.CCN=C/C=C\Nc1ccncc1F. The first-order valence-corrected chi connectivity index (χ1v) is 11.1. The molecule has 0 aliphatic rings. The average Bonchev–Trinajstić information content (AvgIpc) is 3.14. The van der Waals surface area contributed by atoms with Crippen LogP contribution in [0.5, 0.6) is 0 Å². The van der Waals surface area contributed by atoms with Crippen molar-refractivity contribution >= 4 is 11.9 Å². The molecule has 1 aromatic carbocycles. The van der Waals surface area contributed by atoms with Crippen molar-refractivity contribution in [1.29, 1.82) is 0 Å². The van der Waals surface area contributed by atoms with Crippen LogP contribution in [0, 0.1) is 5.82 Å². The fourth-order valence-electron chi connectivity index (χ4n) is 3.01. The van der Waals surface area contributed by atoms with E-state index in [4.69, 9.17) is 0 Å². The van der Waals surface area contributed by atoms with Crippen molar-refractivity contribution in [2.75, 3.05) is 11.9 Å². The number of nitrogens with zero attached hydrogens (tertiary/aromatic N) is 4. The highest BCUT2D eigenvalue weighted by Gasteiger charge is 2.18. The number of rotatable bonds is 6. The van der Waals surface area contributed by atoms with Gasteiger partial charge in [-0.1, -0.05) is 45.9 Å². The van der Waals surface area contributed by atoms with Crippen molar-refractivity contribution < 1.29 is 8.96 Å². The van der Waals surface area contributed by atoms with Gasteiger partial charge in [-0.3, -0.25) is 9.98 Å². The van der Waals surface area contributed by atoms with Gasteiger partial charge in [0.25, 0.3) is 5.82 Å². The molecule has 1 N–H and O–H groups in total. The number of halogens is 1. The van der Waals surface area contributed by atoms with Gasteiger partial charge in [0.05, 0.1) is 31.5 Å². The number of hydrogen-bond acceptors (Lipinski definition) is 3. The highest BCUT2D eigenvalue weighted by molar-refractivity contribution is 5.71. The number of benzene rings is 1. The second-order valence-corrected chi connectivity index (χ2v) is 7.09. The van der Waals surface area contributed by atoms with E-state index in [0.717, 1.165) is 12.7 Å². The van der Waals surface area contributed by atoms with Crippen LogP contribution in [0.3, 0.4) is 0 Å². The molecule has 2 aromatic heterocycles. The number of allylic oxidation sites excluding steroid dienone is 1. The second kappa shape index (κ2) is 14.7. The summed E-state index contributed by atoms with van der Waals surface area (Å²) in [6, 6.07) is 10.2. The average molecular weight is 439 g/mol. The van der Waals surface area contributed by atoms with E-state index in [2.05, 4.69) is 89.0 Å². The van der Waals surface area contributed by atoms with Gasteiger partial charge in [-0.25, -0.2) is 13.5 Å². The van der Waals surface area contributed by atoms with Crippen molar-refractivity contribution in [3.05, 3.63) is 78.8 Å². The lowest BCUT2D eigenvalue weighted by Crippen LogP contribution is -2.29. The number of nitrogens with one attached hydrogen (secondary N) is 1. The van der Waals surface area contributed by atoms with Crippen LogP contribution in [-0.2, 0) is 14.1 Å². The molecule has 0 radical (unpaired) electrons. The summed E-state index contributed by atoms with van der Waals surface area (Å²) in [5.74, 6) is 1.43. The summed E-state index contributed by atoms with van der Waals surface area (Å²) < 4.78 is 17.3. The zero-order chi connectivity index (χ0) is 23.9. The van der Waals surface area contributed by atoms with Crippen LogP contribution in [0.2, 0.25) is 0 Å². The molecule has 0 aliphatic carbocycles. The van der Waals surface area contributed by atoms with E-state index in [1.54, 1.807) is 24.6 Å². The molecule has 32 heavy (non-hydrogen) atoms. The predicted molar refractivity (Wildman–Crippen MR) is 133 cm³/mol. The van der Waals surface area contributed by atoms with Crippen molar-refractivity contribution in [1.82, 2.24) is 9.55 Å². The summed E-state index contributed by atoms with van der Waals surface area (Å²) in [6.07, 6.45) is 11.9. The molecule has 172 valence electrons. The number of pyridine rings is 1. The lowest BCUT2D eigenvalue weighted by atomic mass is 9.97. The molecule has 0 saturated carbocycles. The Hall–Kier alpha value is -3.28. The number of imidazole rings is 1. The molecule has 0 fully saturated rings. The zero-order valence-electron chi connectivity index (χ0n) is 20.4. The molecule has 3 rings (SSSR count). The monoisotopic (exact) mass is 438 g/mol. The molecule has 3 aromatic rings. The van der Waals surface area contributed by atoms with Gasteiger partial charge in [0, 0.05) is 25.2 Å². The number of aliphatic imine (C=N–C) groups is 1. The maximum absolute atomic E-state index is 13.0. The molecule has 0 unspecified atom stereocenters. The lowest BCUT2D eigenvalue weighted by Gasteiger charge is -2.10. The molecule has 0 aliphatic heterocycles. The third-order valence-corrected chi connectivity index (χ3v) is 4.49. The molecule has 0 amide bonds.